The van der Waals surface area contributed by atoms with Crippen molar-refractivity contribution in [1.82, 2.24) is 0 Å². The molecule has 1 N–H and O–H groups in total. The van der Waals surface area contributed by atoms with Gasteiger partial charge in [-0.3, -0.25) is 10.1 Å². The summed E-state index contributed by atoms with van der Waals surface area (Å²) in [6, 6.07) is 3.09. The number of carboxylic acid groups (broad SMARTS) is 1. The van der Waals surface area contributed by atoms with Crippen molar-refractivity contribution >= 4 is 17.3 Å². The highest BCUT2D eigenvalue weighted by atomic mass is 19.1. The Balaban J connectivity index is 2.32. The molecule has 0 radical (unpaired) electrons. The van der Waals surface area contributed by atoms with Crippen LogP contribution in [0.2, 0.25) is 0 Å². The average molecular weight is 270 g/mol. The van der Waals surface area contributed by atoms with Gasteiger partial charge in [0.1, 0.15) is 11.5 Å². The van der Waals surface area contributed by atoms with Gasteiger partial charge in [-0.05, 0) is 6.07 Å². The highest BCUT2D eigenvalue weighted by molar-refractivity contribution is 5.74. The van der Waals surface area contributed by atoms with E-state index in [2.05, 4.69) is 0 Å². The minimum atomic E-state index is -1.15. The highest BCUT2D eigenvalue weighted by Gasteiger charge is 2.30. The van der Waals surface area contributed by atoms with Crippen molar-refractivity contribution in [3.05, 3.63) is 34.1 Å². The largest absolute Gasteiger partial charge is 0.479 e. The molecular formula is C11H11FN2O5. The summed E-state index contributed by atoms with van der Waals surface area (Å²) in [6.07, 6.45) is -1.07. The standard InChI is InChI=1S/C11H11FN2O5/c12-7-1-2-8(14(17)18)9(5-7)13-3-4-19-10(6-13)11(15)16/h1-2,5,10H,3-4,6H2,(H,15,16). The van der Waals surface area contributed by atoms with E-state index in [9.17, 15) is 19.3 Å². The number of nitrogens with zero attached hydrogens (tertiary/aromatic N) is 2. The number of carbonyl (C=O) groups is 1. The van der Waals surface area contributed by atoms with Crippen LogP contribution in [-0.4, -0.2) is 41.8 Å². The lowest BCUT2D eigenvalue weighted by molar-refractivity contribution is -0.384. The van der Waals surface area contributed by atoms with Crippen LogP contribution in [0, 0.1) is 15.9 Å². The topological polar surface area (TPSA) is 92.9 Å². The van der Waals surface area contributed by atoms with Gasteiger partial charge in [-0.2, -0.15) is 0 Å². The lowest BCUT2D eigenvalue weighted by Crippen LogP contribution is -2.46. The van der Waals surface area contributed by atoms with Gasteiger partial charge in [0.25, 0.3) is 5.69 Å². The van der Waals surface area contributed by atoms with Gasteiger partial charge in [0, 0.05) is 18.7 Å². The molecule has 0 saturated carbocycles. The minimum Gasteiger partial charge on any atom is -0.479 e. The second-order valence-corrected chi connectivity index (χ2v) is 4.03. The van der Waals surface area contributed by atoms with Gasteiger partial charge in [-0.1, -0.05) is 0 Å². The number of nitro groups is 1. The molecule has 1 saturated heterocycles. The summed E-state index contributed by atoms with van der Waals surface area (Å²) in [5.41, 5.74) is -0.188. The zero-order chi connectivity index (χ0) is 14.0. The fourth-order valence-electron chi connectivity index (χ4n) is 1.92. The third-order valence-electron chi connectivity index (χ3n) is 2.82. The van der Waals surface area contributed by atoms with Crippen molar-refractivity contribution in [2.45, 2.75) is 6.10 Å². The molecule has 8 heteroatoms. The summed E-state index contributed by atoms with van der Waals surface area (Å²) >= 11 is 0. The number of halogens is 1. The van der Waals surface area contributed by atoms with Gasteiger partial charge in [0.05, 0.1) is 18.1 Å². The van der Waals surface area contributed by atoms with Gasteiger partial charge in [-0.25, -0.2) is 9.18 Å². The first-order valence-corrected chi connectivity index (χ1v) is 5.52. The van der Waals surface area contributed by atoms with E-state index in [0.717, 1.165) is 18.2 Å². The van der Waals surface area contributed by atoms with E-state index in [4.69, 9.17) is 9.84 Å². The molecule has 7 nitrogen and oxygen atoms in total. The maximum atomic E-state index is 13.2. The number of benzene rings is 1. The number of ether oxygens (including phenoxy) is 1. The number of nitro benzene ring substituents is 1. The Morgan fingerprint density at radius 3 is 2.95 bits per heavy atom. The van der Waals surface area contributed by atoms with E-state index in [-0.39, 0.29) is 31.1 Å². The molecule has 1 atom stereocenters. The van der Waals surface area contributed by atoms with E-state index in [0.29, 0.717) is 0 Å². The number of hydrogen-bond donors (Lipinski definition) is 1. The van der Waals surface area contributed by atoms with Gasteiger partial charge in [0.15, 0.2) is 6.10 Å². The minimum absolute atomic E-state index is 0.0559. The maximum Gasteiger partial charge on any atom is 0.334 e. The normalized spacial score (nSPS) is 19.2. The number of rotatable bonds is 3. The Kier molecular flexibility index (Phi) is 3.61. The smallest absolute Gasteiger partial charge is 0.334 e. The van der Waals surface area contributed by atoms with Crippen molar-refractivity contribution in [2.75, 3.05) is 24.6 Å². The van der Waals surface area contributed by atoms with Gasteiger partial charge in [-0.15, -0.1) is 0 Å². The Labute approximate surface area is 107 Å². The summed E-state index contributed by atoms with van der Waals surface area (Å²) in [7, 11) is 0. The van der Waals surface area contributed by atoms with Crippen molar-refractivity contribution in [3.8, 4) is 0 Å². The Bertz CT molecular complexity index is 522. The lowest BCUT2D eigenvalue weighted by atomic mass is 10.2. The predicted molar refractivity (Wildman–Crippen MR) is 62.6 cm³/mol. The summed E-state index contributed by atoms with van der Waals surface area (Å²) < 4.78 is 18.2. The molecule has 1 heterocycles. The molecule has 0 aromatic heterocycles. The van der Waals surface area contributed by atoms with Crippen LogP contribution in [0.15, 0.2) is 18.2 Å². The quantitative estimate of drug-likeness (QED) is 0.651. The van der Waals surface area contributed by atoms with Crippen LogP contribution in [0.4, 0.5) is 15.8 Å². The Morgan fingerprint density at radius 2 is 2.32 bits per heavy atom. The molecule has 102 valence electrons. The van der Waals surface area contributed by atoms with Crippen LogP contribution in [0.1, 0.15) is 0 Å². The Morgan fingerprint density at radius 1 is 1.58 bits per heavy atom. The first-order chi connectivity index (χ1) is 8.99. The molecule has 1 unspecified atom stereocenters. The fraction of sp³-hybridized carbons (Fsp3) is 0.364. The summed E-state index contributed by atoms with van der Waals surface area (Å²) in [5, 5.41) is 19.8. The van der Waals surface area contributed by atoms with E-state index >= 15 is 0 Å². The predicted octanol–water partition coefficient (Wildman–Crippen LogP) is 1.02. The van der Waals surface area contributed by atoms with Crippen LogP contribution in [0.5, 0.6) is 0 Å². The van der Waals surface area contributed by atoms with Gasteiger partial charge >= 0.3 is 5.97 Å². The van der Waals surface area contributed by atoms with Crippen LogP contribution < -0.4 is 4.90 Å². The molecule has 0 bridgehead atoms. The maximum absolute atomic E-state index is 13.2. The SMILES string of the molecule is O=C(O)C1CN(c2cc(F)ccc2[N+](=O)[O-])CCO1. The monoisotopic (exact) mass is 270 g/mol. The van der Waals surface area contributed by atoms with E-state index in [1.165, 1.54) is 4.90 Å². The number of anilines is 1. The zero-order valence-corrected chi connectivity index (χ0v) is 9.78. The number of aliphatic carboxylic acids is 1. The van der Waals surface area contributed by atoms with Crippen LogP contribution >= 0.6 is 0 Å². The first kappa shape index (κ1) is 13.2. The van der Waals surface area contributed by atoms with Crippen molar-refractivity contribution in [1.29, 1.82) is 0 Å². The number of hydrogen-bond acceptors (Lipinski definition) is 5. The molecule has 1 aliphatic heterocycles. The molecule has 19 heavy (non-hydrogen) atoms. The first-order valence-electron chi connectivity index (χ1n) is 5.52. The molecule has 2 rings (SSSR count). The molecule has 0 amide bonds. The second kappa shape index (κ2) is 5.19. The number of morpholine rings is 1. The van der Waals surface area contributed by atoms with Crippen molar-refractivity contribution < 1.29 is 24.0 Å². The summed E-state index contributed by atoms with van der Waals surface area (Å²) in [5.74, 6) is -1.76. The van der Waals surface area contributed by atoms with E-state index in [1.54, 1.807) is 0 Å². The molecular weight excluding hydrogens is 259 g/mol. The van der Waals surface area contributed by atoms with Crippen molar-refractivity contribution in [3.63, 3.8) is 0 Å². The lowest BCUT2D eigenvalue weighted by Gasteiger charge is -2.32. The fourth-order valence-corrected chi connectivity index (χ4v) is 1.92. The van der Waals surface area contributed by atoms with E-state index < -0.39 is 22.8 Å². The average Bonchev–Trinajstić information content (AvgIpc) is 2.38. The Hall–Kier alpha value is -2.22. The van der Waals surface area contributed by atoms with Crippen LogP contribution in [0.3, 0.4) is 0 Å². The molecule has 0 spiro atoms. The van der Waals surface area contributed by atoms with Crippen LogP contribution in [-0.2, 0) is 9.53 Å². The van der Waals surface area contributed by atoms with Crippen LogP contribution in [0.25, 0.3) is 0 Å². The molecule has 1 fully saturated rings. The second-order valence-electron chi connectivity index (χ2n) is 4.03. The van der Waals surface area contributed by atoms with Gasteiger partial charge < -0.3 is 14.7 Å². The summed E-state index contributed by atoms with van der Waals surface area (Å²) in [6.45, 7) is 0.332. The van der Waals surface area contributed by atoms with Crippen molar-refractivity contribution in [2.24, 2.45) is 0 Å². The summed E-state index contributed by atoms with van der Waals surface area (Å²) in [4.78, 5) is 22.6. The third kappa shape index (κ3) is 2.79. The van der Waals surface area contributed by atoms with E-state index in [1.807, 2.05) is 0 Å². The number of carboxylic acids is 1. The molecule has 1 aliphatic rings. The zero-order valence-electron chi connectivity index (χ0n) is 9.78. The highest BCUT2D eigenvalue weighted by Crippen LogP contribution is 2.30. The molecule has 0 aliphatic carbocycles. The molecule has 1 aromatic rings. The third-order valence-corrected chi connectivity index (χ3v) is 2.82. The molecule has 1 aromatic carbocycles. The van der Waals surface area contributed by atoms with Gasteiger partial charge in [0.2, 0.25) is 0 Å².